The van der Waals surface area contributed by atoms with Crippen LogP contribution in [0, 0.1) is 11.6 Å². The number of amides is 2. The smallest absolute Gasteiger partial charge is 0.265 e. The summed E-state index contributed by atoms with van der Waals surface area (Å²) in [5.74, 6) is -2.57. The van der Waals surface area contributed by atoms with Crippen molar-refractivity contribution in [3.05, 3.63) is 82.1 Å². The quantitative estimate of drug-likeness (QED) is 0.720. The molecule has 0 saturated heterocycles. The van der Waals surface area contributed by atoms with Gasteiger partial charge in [0, 0.05) is 23.0 Å². The standard InChI is InChI=1S/C18H12F2N2O2S/c19-12-7-11(8-13(20)9-12)17(23)21-14-3-1-4-15(10-14)22-18(24)16-5-2-6-25-16/h1-10H,(H,21,23)(H,22,24). The lowest BCUT2D eigenvalue weighted by Gasteiger charge is -2.09. The average molecular weight is 358 g/mol. The number of halogens is 2. The normalized spacial score (nSPS) is 10.3. The number of hydrogen-bond acceptors (Lipinski definition) is 3. The van der Waals surface area contributed by atoms with E-state index in [0.717, 1.165) is 12.1 Å². The first-order chi connectivity index (χ1) is 12.0. The number of carbonyl (C=O) groups is 2. The van der Waals surface area contributed by atoms with E-state index in [2.05, 4.69) is 10.6 Å². The van der Waals surface area contributed by atoms with Crippen LogP contribution in [0.3, 0.4) is 0 Å². The Kier molecular flexibility index (Phi) is 4.85. The minimum Gasteiger partial charge on any atom is -0.322 e. The predicted molar refractivity (Wildman–Crippen MR) is 93.0 cm³/mol. The predicted octanol–water partition coefficient (Wildman–Crippen LogP) is 4.53. The number of thiophene rings is 1. The van der Waals surface area contributed by atoms with Crippen molar-refractivity contribution in [3.8, 4) is 0 Å². The van der Waals surface area contributed by atoms with Gasteiger partial charge in [-0.05, 0) is 41.8 Å². The molecule has 7 heteroatoms. The highest BCUT2D eigenvalue weighted by molar-refractivity contribution is 7.12. The van der Waals surface area contributed by atoms with E-state index >= 15 is 0 Å². The molecule has 2 N–H and O–H groups in total. The molecule has 2 amide bonds. The van der Waals surface area contributed by atoms with Crippen molar-refractivity contribution >= 4 is 34.5 Å². The summed E-state index contributed by atoms with van der Waals surface area (Å²) >= 11 is 1.31. The maximum Gasteiger partial charge on any atom is 0.265 e. The van der Waals surface area contributed by atoms with E-state index in [1.807, 2.05) is 0 Å². The number of anilines is 2. The monoisotopic (exact) mass is 358 g/mol. The van der Waals surface area contributed by atoms with E-state index < -0.39 is 17.5 Å². The maximum absolute atomic E-state index is 13.2. The Bertz CT molecular complexity index is 906. The number of benzene rings is 2. The van der Waals surface area contributed by atoms with Gasteiger partial charge in [-0.1, -0.05) is 12.1 Å². The average Bonchev–Trinajstić information content (AvgIpc) is 3.09. The van der Waals surface area contributed by atoms with Gasteiger partial charge in [-0.3, -0.25) is 9.59 Å². The highest BCUT2D eigenvalue weighted by Gasteiger charge is 2.11. The Labute approximate surface area is 146 Å². The van der Waals surface area contributed by atoms with Gasteiger partial charge in [-0.25, -0.2) is 8.78 Å². The fraction of sp³-hybridized carbons (Fsp3) is 0. The molecule has 0 fully saturated rings. The third kappa shape index (κ3) is 4.27. The molecular weight excluding hydrogens is 346 g/mol. The molecule has 0 radical (unpaired) electrons. The van der Waals surface area contributed by atoms with Crippen molar-refractivity contribution < 1.29 is 18.4 Å². The summed E-state index contributed by atoms with van der Waals surface area (Å²) in [4.78, 5) is 24.7. The largest absolute Gasteiger partial charge is 0.322 e. The summed E-state index contributed by atoms with van der Waals surface area (Å²) < 4.78 is 26.4. The van der Waals surface area contributed by atoms with Gasteiger partial charge in [0.2, 0.25) is 0 Å². The van der Waals surface area contributed by atoms with Crippen LogP contribution in [-0.4, -0.2) is 11.8 Å². The minimum absolute atomic E-state index is 0.134. The molecule has 0 aliphatic heterocycles. The Balaban J connectivity index is 1.73. The van der Waals surface area contributed by atoms with Crippen molar-refractivity contribution in [3.63, 3.8) is 0 Å². The van der Waals surface area contributed by atoms with Crippen molar-refractivity contribution in [1.82, 2.24) is 0 Å². The number of nitrogens with one attached hydrogen (secondary N) is 2. The molecule has 0 aliphatic carbocycles. The summed E-state index contributed by atoms with van der Waals surface area (Å²) in [5.41, 5.74) is 0.741. The third-order valence-electron chi connectivity index (χ3n) is 3.25. The van der Waals surface area contributed by atoms with E-state index in [1.165, 1.54) is 11.3 Å². The van der Waals surface area contributed by atoms with Crippen LogP contribution >= 0.6 is 11.3 Å². The molecule has 0 spiro atoms. The van der Waals surface area contributed by atoms with E-state index in [9.17, 15) is 18.4 Å². The molecule has 3 rings (SSSR count). The number of rotatable bonds is 4. The van der Waals surface area contributed by atoms with Crippen LogP contribution in [0.5, 0.6) is 0 Å². The zero-order valence-corrected chi connectivity index (χ0v) is 13.6. The molecule has 126 valence electrons. The summed E-state index contributed by atoms with van der Waals surface area (Å²) in [6.45, 7) is 0. The maximum atomic E-state index is 13.2. The zero-order chi connectivity index (χ0) is 17.8. The van der Waals surface area contributed by atoms with Crippen molar-refractivity contribution in [1.29, 1.82) is 0 Å². The number of carbonyl (C=O) groups excluding carboxylic acids is 2. The fourth-order valence-corrected chi connectivity index (χ4v) is 2.78. The second kappa shape index (κ2) is 7.23. The summed E-state index contributed by atoms with van der Waals surface area (Å²) in [6, 6.07) is 12.5. The molecular formula is C18H12F2N2O2S. The van der Waals surface area contributed by atoms with Crippen LogP contribution in [0.15, 0.2) is 60.0 Å². The Morgan fingerprint density at radius 2 is 1.44 bits per heavy atom. The number of hydrogen-bond donors (Lipinski definition) is 2. The second-order valence-corrected chi connectivity index (χ2v) is 6.07. The van der Waals surface area contributed by atoms with Gasteiger partial charge in [-0.15, -0.1) is 11.3 Å². The molecule has 1 heterocycles. The topological polar surface area (TPSA) is 58.2 Å². The molecule has 3 aromatic rings. The Hall–Kier alpha value is -3.06. The van der Waals surface area contributed by atoms with E-state index in [0.29, 0.717) is 22.3 Å². The Morgan fingerprint density at radius 3 is 2.04 bits per heavy atom. The highest BCUT2D eigenvalue weighted by Crippen LogP contribution is 2.19. The second-order valence-electron chi connectivity index (χ2n) is 5.12. The molecule has 1 aromatic heterocycles. The van der Waals surface area contributed by atoms with E-state index in [-0.39, 0.29) is 11.5 Å². The van der Waals surface area contributed by atoms with Crippen LogP contribution in [0.1, 0.15) is 20.0 Å². The summed E-state index contributed by atoms with van der Waals surface area (Å²) in [7, 11) is 0. The fourth-order valence-electron chi connectivity index (χ4n) is 2.16. The first-order valence-electron chi connectivity index (χ1n) is 7.23. The molecule has 0 unspecified atom stereocenters. The molecule has 2 aromatic carbocycles. The first kappa shape index (κ1) is 16.8. The third-order valence-corrected chi connectivity index (χ3v) is 4.12. The van der Waals surface area contributed by atoms with Crippen molar-refractivity contribution in [2.24, 2.45) is 0 Å². The van der Waals surface area contributed by atoms with Gasteiger partial charge < -0.3 is 10.6 Å². The molecule has 0 aliphatic rings. The van der Waals surface area contributed by atoms with Gasteiger partial charge in [0.25, 0.3) is 11.8 Å². The van der Waals surface area contributed by atoms with Crippen LogP contribution < -0.4 is 10.6 Å². The highest BCUT2D eigenvalue weighted by atomic mass is 32.1. The molecule has 0 saturated carbocycles. The molecule has 0 atom stereocenters. The first-order valence-corrected chi connectivity index (χ1v) is 8.11. The molecule has 0 bridgehead atoms. The molecule has 4 nitrogen and oxygen atoms in total. The lowest BCUT2D eigenvalue weighted by Crippen LogP contribution is -2.14. The minimum atomic E-state index is -0.831. The van der Waals surface area contributed by atoms with Gasteiger partial charge in [0.1, 0.15) is 11.6 Å². The summed E-state index contributed by atoms with van der Waals surface area (Å²) in [6.07, 6.45) is 0. The van der Waals surface area contributed by atoms with Crippen molar-refractivity contribution in [2.75, 3.05) is 10.6 Å². The summed E-state index contributed by atoms with van der Waals surface area (Å²) in [5, 5.41) is 7.05. The van der Waals surface area contributed by atoms with Gasteiger partial charge in [-0.2, -0.15) is 0 Å². The van der Waals surface area contributed by atoms with Gasteiger partial charge in [0.15, 0.2) is 0 Å². The van der Waals surface area contributed by atoms with Crippen LogP contribution in [0.25, 0.3) is 0 Å². The van der Waals surface area contributed by atoms with Crippen LogP contribution in [0.2, 0.25) is 0 Å². The Morgan fingerprint density at radius 1 is 0.800 bits per heavy atom. The lowest BCUT2D eigenvalue weighted by atomic mass is 10.2. The van der Waals surface area contributed by atoms with Gasteiger partial charge >= 0.3 is 0 Å². The molecule has 25 heavy (non-hydrogen) atoms. The van der Waals surface area contributed by atoms with E-state index in [1.54, 1.807) is 41.8 Å². The van der Waals surface area contributed by atoms with Crippen LogP contribution in [0.4, 0.5) is 20.2 Å². The van der Waals surface area contributed by atoms with Gasteiger partial charge in [0.05, 0.1) is 4.88 Å². The zero-order valence-electron chi connectivity index (χ0n) is 12.8. The SMILES string of the molecule is O=C(Nc1cccc(NC(=O)c2cccs2)c1)c1cc(F)cc(F)c1. The lowest BCUT2D eigenvalue weighted by molar-refractivity contribution is 0.102. The van der Waals surface area contributed by atoms with Crippen molar-refractivity contribution in [2.45, 2.75) is 0 Å². The van der Waals surface area contributed by atoms with E-state index in [4.69, 9.17) is 0 Å². The van der Waals surface area contributed by atoms with Crippen LogP contribution in [-0.2, 0) is 0 Å².